The van der Waals surface area contributed by atoms with Crippen molar-refractivity contribution in [3.8, 4) is 0 Å². The fraction of sp³-hybridized carbons (Fsp3) is 0.333. The van der Waals surface area contributed by atoms with Crippen molar-refractivity contribution < 1.29 is 18.0 Å². The summed E-state index contributed by atoms with van der Waals surface area (Å²) in [6, 6.07) is 6.86. The standard InChI is InChI=1S/C15H15F3N4O/c16-15(17,18)11-2-1-3-12(10-11)21-6-8-22(9-7-21)14(23)13-4-5-19-20-13/h1-5,10H,6-9H2,(H,19,20). The van der Waals surface area contributed by atoms with Gasteiger partial charge in [0.15, 0.2) is 0 Å². The summed E-state index contributed by atoms with van der Waals surface area (Å²) >= 11 is 0. The lowest BCUT2D eigenvalue weighted by Crippen LogP contribution is -2.49. The average molecular weight is 324 g/mol. The number of nitrogens with zero attached hydrogens (tertiary/aromatic N) is 3. The fourth-order valence-corrected chi connectivity index (χ4v) is 2.59. The molecule has 2 aromatic rings. The Bertz CT molecular complexity index is 676. The molecule has 0 aliphatic carbocycles. The average Bonchev–Trinajstić information content (AvgIpc) is 3.08. The number of halogens is 3. The number of hydrogen-bond donors (Lipinski definition) is 1. The lowest BCUT2D eigenvalue weighted by atomic mass is 10.1. The first-order valence-corrected chi connectivity index (χ1v) is 7.16. The van der Waals surface area contributed by atoms with Crippen molar-refractivity contribution in [1.82, 2.24) is 15.1 Å². The summed E-state index contributed by atoms with van der Waals surface area (Å²) in [5, 5.41) is 6.37. The predicted molar refractivity (Wildman–Crippen MR) is 78.1 cm³/mol. The minimum Gasteiger partial charge on any atom is -0.368 e. The molecular formula is C15H15F3N4O. The summed E-state index contributed by atoms with van der Waals surface area (Å²) in [5.74, 6) is -0.147. The third-order valence-electron chi connectivity index (χ3n) is 3.84. The van der Waals surface area contributed by atoms with Crippen LogP contribution in [-0.4, -0.2) is 47.2 Å². The molecular weight excluding hydrogens is 309 g/mol. The molecule has 23 heavy (non-hydrogen) atoms. The first-order valence-electron chi connectivity index (χ1n) is 7.16. The van der Waals surface area contributed by atoms with Gasteiger partial charge in [0.1, 0.15) is 5.69 Å². The molecule has 122 valence electrons. The molecule has 1 fully saturated rings. The van der Waals surface area contributed by atoms with Crippen LogP contribution in [0.3, 0.4) is 0 Å². The van der Waals surface area contributed by atoms with Crippen molar-refractivity contribution in [1.29, 1.82) is 0 Å². The molecule has 0 saturated carbocycles. The fourth-order valence-electron chi connectivity index (χ4n) is 2.59. The molecule has 1 N–H and O–H groups in total. The van der Waals surface area contributed by atoms with Crippen molar-refractivity contribution in [3.05, 3.63) is 47.8 Å². The van der Waals surface area contributed by atoms with Gasteiger partial charge >= 0.3 is 6.18 Å². The van der Waals surface area contributed by atoms with E-state index in [2.05, 4.69) is 10.2 Å². The Balaban J connectivity index is 1.66. The molecule has 0 bridgehead atoms. The van der Waals surface area contributed by atoms with Crippen molar-refractivity contribution in [2.75, 3.05) is 31.1 Å². The number of aromatic amines is 1. The molecule has 1 aliphatic rings. The number of piperazine rings is 1. The first-order chi connectivity index (χ1) is 10.9. The number of H-pyrrole nitrogens is 1. The van der Waals surface area contributed by atoms with Crippen molar-refractivity contribution in [2.24, 2.45) is 0 Å². The number of aromatic nitrogens is 2. The van der Waals surface area contributed by atoms with E-state index in [9.17, 15) is 18.0 Å². The van der Waals surface area contributed by atoms with Gasteiger partial charge in [0.05, 0.1) is 5.56 Å². The molecule has 1 amide bonds. The van der Waals surface area contributed by atoms with Crippen molar-refractivity contribution in [2.45, 2.75) is 6.18 Å². The molecule has 3 rings (SSSR count). The molecule has 0 atom stereocenters. The molecule has 1 aliphatic heterocycles. The Hall–Kier alpha value is -2.51. The van der Waals surface area contributed by atoms with Crippen LogP contribution in [0, 0.1) is 0 Å². The van der Waals surface area contributed by atoms with E-state index in [0.29, 0.717) is 37.6 Å². The number of hydrogen-bond acceptors (Lipinski definition) is 3. The zero-order valence-corrected chi connectivity index (χ0v) is 12.2. The van der Waals surface area contributed by atoms with E-state index in [-0.39, 0.29) is 5.91 Å². The quantitative estimate of drug-likeness (QED) is 0.923. The maximum atomic E-state index is 12.8. The Morgan fingerprint density at radius 3 is 2.48 bits per heavy atom. The van der Waals surface area contributed by atoms with E-state index in [1.807, 2.05) is 4.90 Å². The number of benzene rings is 1. The topological polar surface area (TPSA) is 52.2 Å². The van der Waals surface area contributed by atoms with Crippen LogP contribution in [0.1, 0.15) is 16.1 Å². The minimum absolute atomic E-state index is 0.147. The molecule has 2 heterocycles. The van der Waals surface area contributed by atoms with Crippen LogP contribution in [0.2, 0.25) is 0 Å². The summed E-state index contributed by atoms with van der Waals surface area (Å²) in [6.45, 7) is 1.88. The Kier molecular flexibility index (Phi) is 3.97. The summed E-state index contributed by atoms with van der Waals surface area (Å²) in [5.41, 5.74) is 0.275. The van der Waals surface area contributed by atoms with E-state index in [1.54, 1.807) is 17.0 Å². The number of carbonyl (C=O) groups excluding carboxylic acids is 1. The molecule has 5 nitrogen and oxygen atoms in total. The van der Waals surface area contributed by atoms with Gasteiger partial charge in [-0.25, -0.2) is 0 Å². The number of amides is 1. The second kappa shape index (κ2) is 5.94. The molecule has 0 radical (unpaired) electrons. The van der Waals surface area contributed by atoms with E-state index >= 15 is 0 Å². The maximum Gasteiger partial charge on any atom is 0.416 e. The van der Waals surface area contributed by atoms with E-state index in [0.717, 1.165) is 12.1 Å². The maximum absolute atomic E-state index is 12.8. The van der Waals surface area contributed by atoms with Crippen LogP contribution in [0.25, 0.3) is 0 Å². The van der Waals surface area contributed by atoms with Crippen LogP contribution in [0.5, 0.6) is 0 Å². The lowest BCUT2D eigenvalue weighted by molar-refractivity contribution is -0.137. The lowest BCUT2D eigenvalue weighted by Gasteiger charge is -2.36. The second-order valence-electron chi connectivity index (χ2n) is 5.30. The highest BCUT2D eigenvalue weighted by Crippen LogP contribution is 2.31. The van der Waals surface area contributed by atoms with Gasteiger partial charge in [-0.1, -0.05) is 6.07 Å². The third-order valence-corrected chi connectivity index (χ3v) is 3.84. The molecule has 0 unspecified atom stereocenters. The minimum atomic E-state index is -4.35. The second-order valence-corrected chi connectivity index (χ2v) is 5.30. The van der Waals surface area contributed by atoms with Crippen LogP contribution >= 0.6 is 0 Å². The highest BCUT2D eigenvalue weighted by Gasteiger charge is 2.31. The van der Waals surface area contributed by atoms with E-state index in [1.165, 1.54) is 12.3 Å². The molecule has 0 spiro atoms. The van der Waals surface area contributed by atoms with Crippen LogP contribution in [-0.2, 0) is 6.18 Å². The predicted octanol–water partition coefficient (Wildman–Crippen LogP) is 2.39. The summed E-state index contributed by atoms with van der Waals surface area (Å²) in [4.78, 5) is 15.7. The van der Waals surface area contributed by atoms with Crippen LogP contribution in [0.15, 0.2) is 36.5 Å². The van der Waals surface area contributed by atoms with Gasteiger partial charge in [-0.05, 0) is 24.3 Å². The Morgan fingerprint density at radius 2 is 1.87 bits per heavy atom. The highest BCUT2D eigenvalue weighted by molar-refractivity contribution is 5.92. The molecule has 1 aromatic heterocycles. The SMILES string of the molecule is O=C(c1ccn[nH]1)N1CCN(c2cccc(C(F)(F)F)c2)CC1. The molecule has 1 aromatic carbocycles. The van der Waals surface area contributed by atoms with E-state index in [4.69, 9.17) is 0 Å². The summed E-state index contributed by atoms with van der Waals surface area (Å²) < 4.78 is 38.3. The van der Waals surface area contributed by atoms with Crippen molar-refractivity contribution in [3.63, 3.8) is 0 Å². The van der Waals surface area contributed by atoms with E-state index < -0.39 is 11.7 Å². The smallest absolute Gasteiger partial charge is 0.368 e. The van der Waals surface area contributed by atoms with Gasteiger partial charge < -0.3 is 9.80 Å². The molecule has 1 saturated heterocycles. The molecule has 8 heteroatoms. The van der Waals surface area contributed by atoms with Crippen LogP contribution < -0.4 is 4.90 Å². The number of carbonyl (C=O) groups is 1. The van der Waals surface area contributed by atoms with Gasteiger partial charge in [-0.2, -0.15) is 18.3 Å². The monoisotopic (exact) mass is 324 g/mol. The normalized spacial score (nSPS) is 15.8. The Morgan fingerprint density at radius 1 is 1.13 bits per heavy atom. The third kappa shape index (κ3) is 3.30. The first kappa shape index (κ1) is 15.4. The van der Waals surface area contributed by atoms with Crippen LogP contribution in [0.4, 0.5) is 18.9 Å². The van der Waals surface area contributed by atoms with Crippen molar-refractivity contribution >= 4 is 11.6 Å². The summed E-state index contributed by atoms with van der Waals surface area (Å²) in [6.07, 6.45) is -2.85. The number of alkyl halides is 3. The summed E-state index contributed by atoms with van der Waals surface area (Å²) in [7, 11) is 0. The van der Waals surface area contributed by atoms with Gasteiger partial charge in [0.2, 0.25) is 0 Å². The number of rotatable bonds is 2. The number of nitrogens with one attached hydrogen (secondary N) is 1. The van der Waals surface area contributed by atoms with Gasteiger partial charge in [-0.15, -0.1) is 0 Å². The Labute approximate surface area is 130 Å². The number of anilines is 1. The van der Waals surface area contributed by atoms with Gasteiger partial charge in [0, 0.05) is 38.1 Å². The zero-order chi connectivity index (χ0) is 16.4. The zero-order valence-electron chi connectivity index (χ0n) is 12.2. The van der Waals surface area contributed by atoms with Gasteiger partial charge in [0.25, 0.3) is 5.91 Å². The largest absolute Gasteiger partial charge is 0.416 e. The highest BCUT2D eigenvalue weighted by atomic mass is 19.4. The van der Waals surface area contributed by atoms with Gasteiger partial charge in [-0.3, -0.25) is 9.89 Å².